The SMILES string of the molecule is CCNCC(=O)Nc1c(C)n(C)n(-c2ccccc2)c1=O. The van der Waals surface area contributed by atoms with Crippen molar-refractivity contribution in [3.05, 3.63) is 46.4 Å². The summed E-state index contributed by atoms with van der Waals surface area (Å²) in [7, 11) is 1.80. The topological polar surface area (TPSA) is 68.1 Å². The van der Waals surface area contributed by atoms with Gasteiger partial charge in [0.25, 0.3) is 5.56 Å². The van der Waals surface area contributed by atoms with Gasteiger partial charge in [0.15, 0.2) is 0 Å². The standard InChI is InChI=1S/C15H20N4O2/c1-4-16-10-13(20)17-14-11(2)18(3)19(15(14)21)12-8-6-5-7-9-12/h5-9,16H,4,10H2,1-3H3,(H,17,20). The molecule has 1 aromatic heterocycles. The first kappa shape index (κ1) is 15.1. The van der Waals surface area contributed by atoms with Crippen LogP contribution < -0.4 is 16.2 Å². The van der Waals surface area contributed by atoms with Gasteiger partial charge in [-0.3, -0.25) is 14.3 Å². The summed E-state index contributed by atoms with van der Waals surface area (Å²) in [5.41, 5.74) is 1.57. The summed E-state index contributed by atoms with van der Waals surface area (Å²) in [5.74, 6) is -0.220. The molecule has 0 aliphatic carbocycles. The van der Waals surface area contributed by atoms with Crippen molar-refractivity contribution in [3.63, 3.8) is 0 Å². The van der Waals surface area contributed by atoms with Gasteiger partial charge in [-0.2, -0.15) is 0 Å². The number of aromatic nitrogens is 2. The smallest absolute Gasteiger partial charge is 0.295 e. The van der Waals surface area contributed by atoms with E-state index >= 15 is 0 Å². The van der Waals surface area contributed by atoms with Crippen LogP contribution in [0, 0.1) is 6.92 Å². The summed E-state index contributed by atoms with van der Waals surface area (Å²) < 4.78 is 3.28. The van der Waals surface area contributed by atoms with Crippen LogP contribution >= 0.6 is 0 Å². The molecule has 1 amide bonds. The van der Waals surface area contributed by atoms with E-state index in [4.69, 9.17) is 0 Å². The summed E-state index contributed by atoms with van der Waals surface area (Å²) in [4.78, 5) is 24.3. The number of benzene rings is 1. The molecule has 0 fully saturated rings. The zero-order valence-electron chi connectivity index (χ0n) is 12.5. The molecule has 0 saturated heterocycles. The molecule has 0 aliphatic heterocycles. The van der Waals surface area contributed by atoms with E-state index in [0.717, 1.165) is 5.69 Å². The van der Waals surface area contributed by atoms with Crippen LogP contribution in [0.1, 0.15) is 12.6 Å². The van der Waals surface area contributed by atoms with Crippen LogP contribution in [0.15, 0.2) is 35.1 Å². The van der Waals surface area contributed by atoms with Crippen LogP contribution in [0.25, 0.3) is 5.69 Å². The predicted octanol–water partition coefficient (Wildman–Crippen LogP) is 1.03. The number of amides is 1. The monoisotopic (exact) mass is 288 g/mol. The highest BCUT2D eigenvalue weighted by atomic mass is 16.2. The maximum atomic E-state index is 12.5. The Kier molecular flexibility index (Phi) is 4.59. The molecule has 6 nitrogen and oxygen atoms in total. The highest BCUT2D eigenvalue weighted by Crippen LogP contribution is 2.13. The number of nitrogens with zero attached hydrogens (tertiary/aromatic N) is 2. The van der Waals surface area contributed by atoms with Gasteiger partial charge >= 0.3 is 0 Å². The lowest BCUT2D eigenvalue weighted by Crippen LogP contribution is -2.30. The van der Waals surface area contributed by atoms with Crippen molar-refractivity contribution in [2.45, 2.75) is 13.8 Å². The Bertz CT molecular complexity index is 686. The summed E-state index contributed by atoms with van der Waals surface area (Å²) in [6, 6.07) is 9.33. The second kappa shape index (κ2) is 6.41. The average Bonchev–Trinajstić information content (AvgIpc) is 2.70. The lowest BCUT2D eigenvalue weighted by Gasteiger charge is -2.07. The summed E-state index contributed by atoms with van der Waals surface area (Å²) in [6.45, 7) is 4.62. The molecule has 0 unspecified atom stereocenters. The Hall–Kier alpha value is -2.34. The van der Waals surface area contributed by atoms with E-state index in [1.54, 1.807) is 11.7 Å². The second-order valence-corrected chi connectivity index (χ2v) is 4.77. The summed E-state index contributed by atoms with van der Waals surface area (Å²) in [6.07, 6.45) is 0. The van der Waals surface area contributed by atoms with E-state index in [1.165, 1.54) is 4.68 Å². The molecular weight excluding hydrogens is 268 g/mol. The fraction of sp³-hybridized carbons (Fsp3) is 0.333. The molecule has 2 rings (SSSR count). The number of rotatable bonds is 5. The van der Waals surface area contributed by atoms with Crippen molar-refractivity contribution >= 4 is 11.6 Å². The molecule has 0 bridgehead atoms. The first-order valence-corrected chi connectivity index (χ1v) is 6.90. The number of anilines is 1. The zero-order valence-corrected chi connectivity index (χ0v) is 12.5. The van der Waals surface area contributed by atoms with E-state index in [-0.39, 0.29) is 18.0 Å². The quantitative estimate of drug-likeness (QED) is 0.863. The minimum Gasteiger partial charge on any atom is -0.319 e. The van der Waals surface area contributed by atoms with Crippen molar-refractivity contribution in [3.8, 4) is 5.69 Å². The first-order chi connectivity index (χ1) is 10.1. The first-order valence-electron chi connectivity index (χ1n) is 6.90. The third-order valence-corrected chi connectivity index (χ3v) is 3.35. The Balaban J connectivity index is 2.37. The zero-order chi connectivity index (χ0) is 15.4. The van der Waals surface area contributed by atoms with Gasteiger partial charge in [0, 0.05) is 7.05 Å². The lowest BCUT2D eigenvalue weighted by molar-refractivity contribution is -0.115. The molecule has 0 aliphatic rings. The summed E-state index contributed by atoms with van der Waals surface area (Å²) in [5, 5.41) is 5.62. The molecule has 2 aromatic rings. The molecule has 112 valence electrons. The van der Waals surface area contributed by atoms with Gasteiger partial charge in [0.05, 0.1) is 17.9 Å². The van der Waals surface area contributed by atoms with E-state index in [0.29, 0.717) is 17.9 Å². The van der Waals surface area contributed by atoms with Crippen molar-refractivity contribution in [2.24, 2.45) is 7.05 Å². The molecular formula is C15H20N4O2. The molecule has 0 radical (unpaired) electrons. The van der Waals surface area contributed by atoms with E-state index in [2.05, 4.69) is 10.6 Å². The number of carbonyl (C=O) groups is 1. The van der Waals surface area contributed by atoms with Gasteiger partial charge in [-0.25, -0.2) is 4.68 Å². The number of para-hydroxylation sites is 1. The minimum absolute atomic E-state index is 0.190. The van der Waals surface area contributed by atoms with Crippen molar-refractivity contribution in [2.75, 3.05) is 18.4 Å². The number of hydrogen-bond donors (Lipinski definition) is 2. The molecule has 1 aromatic carbocycles. The van der Waals surface area contributed by atoms with Gasteiger partial charge in [-0.1, -0.05) is 25.1 Å². The lowest BCUT2D eigenvalue weighted by atomic mass is 10.3. The van der Waals surface area contributed by atoms with Crippen molar-refractivity contribution in [1.29, 1.82) is 0 Å². The van der Waals surface area contributed by atoms with Crippen LogP contribution in [-0.2, 0) is 11.8 Å². The van der Waals surface area contributed by atoms with Crippen LogP contribution in [0.4, 0.5) is 5.69 Å². The molecule has 21 heavy (non-hydrogen) atoms. The van der Waals surface area contributed by atoms with Crippen LogP contribution in [-0.4, -0.2) is 28.4 Å². The fourth-order valence-electron chi connectivity index (χ4n) is 2.13. The Morgan fingerprint density at radius 1 is 1.24 bits per heavy atom. The van der Waals surface area contributed by atoms with E-state index in [1.807, 2.05) is 44.2 Å². The molecule has 2 N–H and O–H groups in total. The molecule has 0 saturated carbocycles. The number of nitrogens with one attached hydrogen (secondary N) is 2. The molecule has 0 spiro atoms. The summed E-state index contributed by atoms with van der Waals surface area (Å²) >= 11 is 0. The van der Waals surface area contributed by atoms with Crippen LogP contribution in [0.2, 0.25) is 0 Å². The third-order valence-electron chi connectivity index (χ3n) is 3.35. The van der Waals surface area contributed by atoms with Gasteiger partial charge in [0.2, 0.25) is 5.91 Å². The number of hydrogen-bond acceptors (Lipinski definition) is 3. The van der Waals surface area contributed by atoms with Crippen molar-refractivity contribution in [1.82, 2.24) is 14.7 Å². The molecule has 6 heteroatoms. The number of carbonyl (C=O) groups excluding carboxylic acids is 1. The maximum Gasteiger partial charge on any atom is 0.295 e. The van der Waals surface area contributed by atoms with Gasteiger partial charge in [0.1, 0.15) is 5.69 Å². The van der Waals surface area contributed by atoms with Gasteiger partial charge in [-0.15, -0.1) is 0 Å². The van der Waals surface area contributed by atoms with Gasteiger partial charge < -0.3 is 10.6 Å². The van der Waals surface area contributed by atoms with E-state index < -0.39 is 0 Å². The molecule has 0 atom stereocenters. The minimum atomic E-state index is -0.231. The number of likely N-dealkylation sites (N-methyl/N-ethyl adjacent to an activating group) is 1. The Labute approximate surface area is 123 Å². The van der Waals surface area contributed by atoms with Crippen molar-refractivity contribution < 1.29 is 4.79 Å². The highest BCUT2D eigenvalue weighted by Gasteiger charge is 2.17. The highest BCUT2D eigenvalue weighted by molar-refractivity contribution is 5.92. The Morgan fingerprint density at radius 3 is 2.52 bits per heavy atom. The van der Waals surface area contributed by atoms with Crippen LogP contribution in [0.5, 0.6) is 0 Å². The Morgan fingerprint density at radius 2 is 1.90 bits per heavy atom. The molecule has 1 heterocycles. The maximum absolute atomic E-state index is 12.5. The third kappa shape index (κ3) is 3.05. The predicted molar refractivity (Wildman–Crippen MR) is 82.9 cm³/mol. The fourth-order valence-corrected chi connectivity index (χ4v) is 2.13. The largest absolute Gasteiger partial charge is 0.319 e. The second-order valence-electron chi connectivity index (χ2n) is 4.77. The van der Waals surface area contributed by atoms with Crippen LogP contribution in [0.3, 0.4) is 0 Å². The average molecular weight is 288 g/mol. The van der Waals surface area contributed by atoms with E-state index in [9.17, 15) is 9.59 Å². The normalized spacial score (nSPS) is 10.6. The van der Waals surface area contributed by atoms with Gasteiger partial charge in [-0.05, 0) is 25.6 Å².